The van der Waals surface area contributed by atoms with E-state index in [1.54, 1.807) is 0 Å². The zero-order chi connectivity index (χ0) is 9.19. The molecule has 0 atom stereocenters. The third-order valence-electron chi connectivity index (χ3n) is 1.35. The van der Waals surface area contributed by atoms with Gasteiger partial charge in [-0.05, 0) is 11.6 Å². The molecule has 0 saturated carbocycles. The molecule has 1 aromatic heterocycles. The zero-order valence-electron chi connectivity index (χ0n) is 5.90. The SMILES string of the molecule is FC(F)(F)c1ccncc1CCl. The number of hydrogen-bond acceptors (Lipinski definition) is 1. The topological polar surface area (TPSA) is 12.9 Å². The lowest BCUT2D eigenvalue weighted by atomic mass is 10.1. The van der Waals surface area contributed by atoms with Gasteiger partial charge in [0, 0.05) is 18.3 Å². The van der Waals surface area contributed by atoms with Crippen LogP contribution in [-0.2, 0) is 12.1 Å². The smallest absolute Gasteiger partial charge is 0.264 e. The summed E-state index contributed by atoms with van der Waals surface area (Å²) in [5.41, 5.74) is -0.709. The number of aromatic nitrogens is 1. The molecule has 0 radical (unpaired) electrons. The quantitative estimate of drug-likeness (QED) is 0.628. The Bertz CT molecular complexity index is 272. The molecule has 0 aliphatic rings. The van der Waals surface area contributed by atoms with Gasteiger partial charge < -0.3 is 0 Å². The predicted molar refractivity (Wildman–Crippen MR) is 38.8 cm³/mol. The monoisotopic (exact) mass is 195 g/mol. The van der Waals surface area contributed by atoms with Crippen LogP contribution in [0.3, 0.4) is 0 Å². The van der Waals surface area contributed by atoms with Gasteiger partial charge in [-0.1, -0.05) is 0 Å². The van der Waals surface area contributed by atoms with Crippen molar-refractivity contribution in [1.29, 1.82) is 0 Å². The lowest BCUT2D eigenvalue weighted by Gasteiger charge is -2.09. The van der Waals surface area contributed by atoms with E-state index in [1.807, 2.05) is 0 Å². The van der Waals surface area contributed by atoms with Crippen molar-refractivity contribution in [3.63, 3.8) is 0 Å². The molecule has 66 valence electrons. The van der Waals surface area contributed by atoms with Crippen LogP contribution in [0.5, 0.6) is 0 Å². The number of pyridine rings is 1. The van der Waals surface area contributed by atoms with E-state index >= 15 is 0 Å². The van der Waals surface area contributed by atoms with Gasteiger partial charge in [0.05, 0.1) is 5.56 Å². The van der Waals surface area contributed by atoms with Crippen molar-refractivity contribution in [2.24, 2.45) is 0 Å². The minimum absolute atomic E-state index is 0.00617. The fourth-order valence-corrected chi connectivity index (χ4v) is 1.02. The van der Waals surface area contributed by atoms with E-state index in [0.29, 0.717) is 0 Å². The molecule has 0 aromatic carbocycles. The molecule has 0 spiro atoms. The van der Waals surface area contributed by atoms with Crippen molar-refractivity contribution in [3.05, 3.63) is 29.6 Å². The fourth-order valence-electron chi connectivity index (χ4n) is 0.810. The molecule has 1 heterocycles. The van der Waals surface area contributed by atoms with Crippen molar-refractivity contribution in [1.82, 2.24) is 4.98 Å². The lowest BCUT2D eigenvalue weighted by Crippen LogP contribution is -2.08. The summed E-state index contributed by atoms with van der Waals surface area (Å²) in [6.07, 6.45) is -2.12. The molecule has 1 rings (SSSR count). The second-order valence-corrected chi connectivity index (χ2v) is 2.43. The van der Waals surface area contributed by atoms with Crippen LogP contribution in [0, 0.1) is 0 Å². The average molecular weight is 196 g/mol. The van der Waals surface area contributed by atoms with E-state index in [0.717, 1.165) is 18.5 Å². The van der Waals surface area contributed by atoms with E-state index in [2.05, 4.69) is 4.98 Å². The summed E-state index contributed by atoms with van der Waals surface area (Å²) in [5.74, 6) is -0.178. The van der Waals surface area contributed by atoms with Gasteiger partial charge in [-0.2, -0.15) is 13.2 Å². The van der Waals surface area contributed by atoms with Crippen LogP contribution in [0.25, 0.3) is 0 Å². The molecule has 0 saturated heterocycles. The second kappa shape index (κ2) is 3.31. The van der Waals surface area contributed by atoms with E-state index in [1.165, 1.54) is 0 Å². The van der Waals surface area contributed by atoms with Crippen molar-refractivity contribution >= 4 is 11.6 Å². The molecular weight excluding hydrogens is 191 g/mol. The van der Waals surface area contributed by atoms with E-state index in [-0.39, 0.29) is 11.4 Å². The Kier molecular flexibility index (Phi) is 2.57. The number of halogens is 4. The van der Waals surface area contributed by atoms with Crippen LogP contribution in [0.15, 0.2) is 18.5 Å². The summed E-state index contributed by atoms with van der Waals surface area (Å²) in [4.78, 5) is 3.55. The van der Waals surface area contributed by atoms with Gasteiger partial charge in [0.1, 0.15) is 0 Å². The number of alkyl halides is 4. The Morgan fingerprint density at radius 2 is 2.08 bits per heavy atom. The van der Waals surface area contributed by atoms with Gasteiger partial charge in [0.15, 0.2) is 0 Å². The summed E-state index contributed by atoms with van der Waals surface area (Å²) < 4.78 is 36.4. The molecule has 5 heteroatoms. The van der Waals surface area contributed by atoms with Crippen LogP contribution in [-0.4, -0.2) is 4.98 Å². The summed E-state index contributed by atoms with van der Waals surface area (Å²) in [6, 6.07) is 0.914. The van der Waals surface area contributed by atoms with Crippen LogP contribution < -0.4 is 0 Å². The summed E-state index contributed by atoms with van der Waals surface area (Å²) >= 11 is 5.30. The minimum Gasteiger partial charge on any atom is -0.264 e. The highest BCUT2D eigenvalue weighted by Crippen LogP contribution is 2.31. The molecule has 0 bridgehead atoms. The molecule has 0 fully saturated rings. The fraction of sp³-hybridized carbons (Fsp3) is 0.286. The molecule has 1 aromatic rings. The maximum atomic E-state index is 12.1. The molecule has 0 aliphatic carbocycles. The van der Waals surface area contributed by atoms with Gasteiger partial charge in [-0.15, -0.1) is 11.6 Å². The molecule has 0 N–H and O–H groups in total. The van der Waals surface area contributed by atoms with Crippen molar-refractivity contribution in [3.8, 4) is 0 Å². The third kappa shape index (κ3) is 1.88. The van der Waals surface area contributed by atoms with Gasteiger partial charge in [-0.3, -0.25) is 4.98 Å². The van der Waals surface area contributed by atoms with E-state index in [4.69, 9.17) is 11.6 Å². The first-order chi connectivity index (χ1) is 5.55. The average Bonchev–Trinajstić information content (AvgIpc) is 2.03. The van der Waals surface area contributed by atoms with Gasteiger partial charge in [0.25, 0.3) is 0 Å². The zero-order valence-corrected chi connectivity index (χ0v) is 6.65. The largest absolute Gasteiger partial charge is 0.416 e. The van der Waals surface area contributed by atoms with Crippen molar-refractivity contribution < 1.29 is 13.2 Å². The van der Waals surface area contributed by atoms with Crippen molar-refractivity contribution in [2.75, 3.05) is 0 Å². The highest BCUT2D eigenvalue weighted by molar-refractivity contribution is 6.17. The predicted octanol–water partition coefficient (Wildman–Crippen LogP) is 2.84. The van der Waals surface area contributed by atoms with Crippen LogP contribution in [0.4, 0.5) is 13.2 Å². The Balaban J connectivity index is 3.14. The highest BCUT2D eigenvalue weighted by atomic mass is 35.5. The van der Waals surface area contributed by atoms with Gasteiger partial charge in [-0.25, -0.2) is 0 Å². The van der Waals surface area contributed by atoms with E-state index < -0.39 is 11.7 Å². The van der Waals surface area contributed by atoms with E-state index in [9.17, 15) is 13.2 Å². The lowest BCUT2D eigenvalue weighted by molar-refractivity contribution is -0.138. The van der Waals surface area contributed by atoms with Crippen LogP contribution in [0.2, 0.25) is 0 Å². The Labute approximate surface area is 72.2 Å². The second-order valence-electron chi connectivity index (χ2n) is 2.16. The van der Waals surface area contributed by atoms with Gasteiger partial charge >= 0.3 is 6.18 Å². The Hall–Kier alpha value is -0.770. The molecule has 0 aliphatic heterocycles. The highest BCUT2D eigenvalue weighted by Gasteiger charge is 2.32. The Morgan fingerprint density at radius 3 is 2.50 bits per heavy atom. The summed E-state index contributed by atoms with van der Waals surface area (Å²) in [7, 11) is 0. The first-order valence-corrected chi connectivity index (χ1v) is 3.65. The van der Waals surface area contributed by atoms with Crippen LogP contribution in [0.1, 0.15) is 11.1 Å². The number of nitrogens with zero attached hydrogens (tertiary/aromatic N) is 1. The first-order valence-electron chi connectivity index (χ1n) is 3.11. The van der Waals surface area contributed by atoms with Gasteiger partial charge in [0.2, 0.25) is 0 Å². The number of rotatable bonds is 1. The Morgan fingerprint density at radius 1 is 1.42 bits per heavy atom. The third-order valence-corrected chi connectivity index (χ3v) is 1.64. The molecule has 1 nitrogen and oxygen atoms in total. The first kappa shape index (κ1) is 9.32. The maximum absolute atomic E-state index is 12.1. The molecule has 0 unspecified atom stereocenters. The molecule has 0 amide bonds. The summed E-state index contributed by atoms with van der Waals surface area (Å²) in [6.45, 7) is 0. The summed E-state index contributed by atoms with van der Waals surface area (Å²) in [5, 5.41) is 0. The standard InChI is InChI=1S/C7H5ClF3N/c8-3-5-4-12-2-1-6(5)7(9,10)11/h1-2,4H,3H2. The molecular formula is C7H5ClF3N. The maximum Gasteiger partial charge on any atom is 0.416 e. The van der Waals surface area contributed by atoms with Crippen LogP contribution >= 0.6 is 11.6 Å². The van der Waals surface area contributed by atoms with Crippen molar-refractivity contribution in [2.45, 2.75) is 12.1 Å². The normalized spacial score (nSPS) is 11.7. The molecule has 12 heavy (non-hydrogen) atoms. The minimum atomic E-state index is -4.34. The number of hydrogen-bond donors (Lipinski definition) is 0.